The summed E-state index contributed by atoms with van der Waals surface area (Å²) in [5.74, 6) is -1.00. The summed E-state index contributed by atoms with van der Waals surface area (Å²) >= 11 is 0. The normalized spacial score (nSPS) is 35.8. The predicted octanol–water partition coefficient (Wildman–Crippen LogP) is -0.813. The van der Waals surface area contributed by atoms with Crippen molar-refractivity contribution in [3.63, 3.8) is 0 Å². The molecule has 0 aromatic carbocycles. The van der Waals surface area contributed by atoms with Gasteiger partial charge in [0.15, 0.2) is 0 Å². The quantitative estimate of drug-likeness (QED) is 0.480. The smallest absolute Gasteiger partial charge is 0.323 e. The van der Waals surface area contributed by atoms with Crippen LogP contribution in [0.2, 0.25) is 0 Å². The third-order valence-corrected chi connectivity index (χ3v) is 1.52. The fraction of sp³-hybridized carbons (Fsp3) is 0.800. The number of carbonyl (C=O) groups is 1. The maximum absolute atomic E-state index is 10.2. The van der Waals surface area contributed by atoms with Crippen molar-refractivity contribution in [2.45, 2.75) is 18.6 Å². The van der Waals surface area contributed by atoms with Gasteiger partial charge in [-0.1, -0.05) is 0 Å². The molecule has 1 heterocycles. The molecule has 0 saturated carbocycles. The Morgan fingerprint density at radius 2 is 2.44 bits per heavy atom. The van der Waals surface area contributed by atoms with Gasteiger partial charge in [0.25, 0.3) is 0 Å². The van der Waals surface area contributed by atoms with E-state index in [2.05, 4.69) is 0 Å². The van der Waals surface area contributed by atoms with Gasteiger partial charge in [-0.2, -0.15) is 0 Å². The SMILES string of the molecule is C[C@@]1([C@H](N)C(=O)O)CO1. The second kappa shape index (κ2) is 1.68. The van der Waals surface area contributed by atoms with Crippen LogP contribution in [-0.4, -0.2) is 29.3 Å². The van der Waals surface area contributed by atoms with Gasteiger partial charge in [-0.25, -0.2) is 0 Å². The van der Waals surface area contributed by atoms with Gasteiger partial charge in [0.2, 0.25) is 0 Å². The minimum Gasteiger partial charge on any atom is -0.480 e. The van der Waals surface area contributed by atoms with Crippen molar-refractivity contribution in [1.29, 1.82) is 0 Å². The summed E-state index contributed by atoms with van der Waals surface area (Å²) in [6.45, 7) is 2.15. The van der Waals surface area contributed by atoms with Crippen molar-refractivity contribution >= 4 is 5.97 Å². The van der Waals surface area contributed by atoms with E-state index >= 15 is 0 Å². The number of carboxylic acid groups (broad SMARTS) is 1. The molecule has 52 valence electrons. The zero-order valence-corrected chi connectivity index (χ0v) is 5.13. The van der Waals surface area contributed by atoms with E-state index in [9.17, 15) is 4.79 Å². The number of rotatable bonds is 2. The van der Waals surface area contributed by atoms with Crippen molar-refractivity contribution in [3.05, 3.63) is 0 Å². The molecule has 1 fully saturated rings. The van der Waals surface area contributed by atoms with Gasteiger partial charge >= 0.3 is 5.97 Å². The molecule has 1 aliphatic heterocycles. The molecule has 4 heteroatoms. The predicted molar refractivity (Wildman–Crippen MR) is 30.0 cm³/mol. The Morgan fingerprint density at radius 3 is 2.56 bits per heavy atom. The van der Waals surface area contributed by atoms with Crippen LogP contribution in [0.4, 0.5) is 0 Å². The highest BCUT2D eigenvalue weighted by Gasteiger charge is 2.48. The Morgan fingerprint density at radius 1 is 2.00 bits per heavy atom. The maximum atomic E-state index is 10.2. The second-order valence-corrected chi connectivity index (χ2v) is 2.42. The van der Waals surface area contributed by atoms with Gasteiger partial charge in [0, 0.05) is 0 Å². The number of hydrogen-bond acceptors (Lipinski definition) is 3. The number of hydrogen-bond donors (Lipinski definition) is 2. The Kier molecular flexibility index (Phi) is 1.22. The lowest BCUT2D eigenvalue weighted by molar-refractivity contribution is -0.140. The molecule has 0 spiro atoms. The van der Waals surface area contributed by atoms with Crippen LogP contribution in [0.5, 0.6) is 0 Å². The zero-order chi connectivity index (χ0) is 7.07. The highest BCUT2D eigenvalue weighted by Crippen LogP contribution is 2.28. The van der Waals surface area contributed by atoms with Gasteiger partial charge in [0.1, 0.15) is 11.6 Å². The number of carboxylic acids is 1. The standard InChI is InChI=1S/C5H9NO3/c1-5(2-9-5)3(6)4(7)8/h3H,2,6H2,1H3,(H,7,8)/t3-,5+/m1/s1. The van der Waals surface area contributed by atoms with Crippen LogP contribution < -0.4 is 5.73 Å². The fourth-order valence-corrected chi connectivity index (χ4v) is 0.555. The highest BCUT2D eigenvalue weighted by atomic mass is 16.6. The van der Waals surface area contributed by atoms with E-state index in [0.717, 1.165) is 0 Å². The van der Waals surface area contributed by atoms with E-state index in [4.69, 9.17) is 15.6 Å². The number of epoxide rings is 1. The van der Waals surface area contributed by atoms with E-state index in [0.29, 0.717) is 6.61 Å². The summed E-state index contributed by atoms with van der Waals surface area (Å²) in [5.41, 5.74) is 4.64. The molecular weight excluding hydrogens is 122 g/mol. The summed E-state index contributed by atoms with van der Waals surface area (Å²) in [7, 11) is 0. The Bertz CT molecular complexity index is 141. The first-order valence-electron chi connectivity index (χ1n) is 2.68. The van der Waals surface area contributed by atoms with E-state index in [1.165, 1.54) is 0 Å². The van der Waals surface area contributed by atoms with Crippen LogP contribution >= 0.6 is 0 Å². The average molecular weight is 131 g/mol. The van der Waals surface area contributed by atoms with Crippen LogP contribution in [0.3, 0.4) is 0 Å². The molecule has 0 aromatic heterocycles. The van der Waals surface area contributed by atoms with Crippen molar-refractivity contribution in [3.8, 4) is 0 Å². The fourth-order valence-electron chi connectivity index (χ4n) is 0.555. The molecule has 1 aliphatic rings. The molecule has 0 bridgehead atoms. The van der Waals surface area contributed by atoms with E-state index in [1.54, 1.807) is 6.92 Å². The summed E-state index contributed by atoms with van der Waals surface area (Å²) in [5, 5.41) is 8.35. The van der Waals surface area contributed by atoms with Crippen LogP contribution in [-0.2, 0) is 9.53 Å². The molecule has 2 atom stereocenters. The third kappa shape index (κ3) is 1.04. The number of aliphatic carboxylic acids is 1. The van der Waals surface area contributed by atoms with Crippen molar-refractivity contribution < 1.29 is 14.6 Å². The molecule has 0 unspecified atom stereocenters. The third-order valence-electron chi connectivity index (χ3n) is 1.52. The molecule has 0 aliphatic carbocycles. The lowest BCUT2D eigenvalue weighted by Gasteiger charge is -2.08. The largest absolute Gasteiger partial charge is 0.480 e. The summed E-state index contributed by atoms with van der Waals surface area (Å²) in [6.07, 6.45) is 0. The summed E-state index contributed by atoms with van der Waals surface area (Å²) in [6, 6.07) is -0.877. The molecule has 9 heavy (non-hydrogen) atoms. The first-order chi connectivity index (χ1) is 4.06. The molecule has 1 saturated heterocycles. The summed E-state index contributed by atoms with van der Waals surface area (Å²) in [4.78, 5) is 10.2. The minimum atomic E-state index is -1.00. The average Bonchev–Trinajstić information content (AvgIpc) is 2.47. The lowest BCUT2D eigenvalue weighted by Crippen LogP contribution is -2.42. The van der Waals surface area contributed by atoms with Gasteiger partial charge in [-0.3, -0.25) is 4.79 Å². The number of nitrogens with two attached hydrogens (primary N) is 1. The van der Waals surface area contributed by atoms with Crippen LogP contribution in [0.25, 0.3) is 0 Å². The first-order valence-corrected chi connectivity index (χ1v) is 2.68. The maximum Gasteiger partial charge on any atom is 0.323 e. The molecule has 0 radical (unpaired) electrons. The monoisotopic (exact) mass is 131 g/mol. The molecule has 4 nitrogen and oxygen atoms in total. The zero-order valence-electron chi connectivity index (χ0n) is 5.13. The van der Waals surface area contributed by atoms with Crippen molar-refractivity contribution in [2.75, 3.05) is 6.61 Å². The highest BCUT2D eigenvalue weighted by molar-refractivity contribution is 5.75. The van der Waals surface area contributed by atoms with Crippen molar-refractivity contribution in [2.24, 2.45) is 5.73 Å². The Balaban J connectivity index is 2.52. The first kappa shape index (κ1) is 6.51. The van der Waals surface area contributed by atoms with Crippen LogP contribution in [0.15, 0.2) is 0 Å². The topological polar surface area (TPSA) is 75.9 Å². The van der Waals surface area contributed by atoms with E-state index in [-0.39, 0.29) is 0 Å². The molecule has 3 N–H and O–H groups in total. The van der Waals surface area contributed by atoms with E-state index < -0.39 is 17.6 Å². The lowest BCUT2D eigenvalue weighted by atomic mass is 10.1. The van der Waals surface area contributed by atoms with Crippen molar-refractivity contribution in [1.82, 2.24) is 0 Å². The van der Waals surface area contributed by atoms with Gasteiger partial charge < -0.3 is 15.6 Å². The van der Waals surface area contributed by atoms with Crippen LogP contribution in [0.1, 0.15) is 6.92 Å². The van der Waals surface area contributed by atoms with Gasteiger partial charge in [0.05, 0.1) is 6.61 Å². The Labute approximate surface area is 52.6 Å². The Hall–Kier alpha value is -0.610. The minimum absolute atomic E-state index is 0.459. The molecule has 1 rings (SSSR count). The molecule has 0 aromatic rings. The molecular formula is C5H9NO3. The summed E-state index contributed by atoms with van der Waals surface area (Å²) < 4.78 is 4.81. The second-order valence-electron chi connectivity index (χ2n) is 2.42. The molecule has 0 amide bonds. The van der Waals surface area contributed by atoms with E-state index in [1.807, 2.05) is 0 Å². The van der Waals surface area contributed by atoms with Gasteiger partial charge in [-0.05, 0) is 6.92 Å². The van der Waals surface area contributed by atoms with Crippen LogP contribution in [0, 0.1) is 0 Å². The number of ether oxygens (including phenoxy) is 1. The van der Waals surface area contributed by atoms with Gasteiger partial charge in [-0.15, -0.1) is 0 Å².